The molecule has 1 saturated heterocycles. The molecule has 2 aromatic carbocycles. The van der Waals surface area contributed by atoms with Crippen molar-refractivity contribution in [1.82, 2.24) is 24.8 Å². The first kappa shape index (κ1) is 27.4. The molecule has 0 saturated carbocycles. The smallest absolute Gasteiger partial charge is 0.255 e. The molecular weight excluding hydrogens is 502 g/mol. The number of nitrogens with two attached hydrogens (primary N) is 1. The molecule has 4 N–H and O–H groups in total. The molecule has 1 aliphatic rings. The fraction of sp³-hybridized carbons (Fsp3) is 0.367. The summed E-state index contributed by atoms with van der Waals surface area (Å²) in [5, 5.41) is 6.42. The molecule has 3 heterocycles. The lowest BCUT2D eigenvalue weighted by Gasteiger charge is -2.35. The van der Waals surface area contributed by atoms with Crippen molar-refractivity contribution in [3.8, 4) is 0 Å². The average Bonchev–Trinajstić information content (AvgIpc) is 2.94. The second-order valence-corrected chi connectivity index (χ2v) is 11.2. The molecule has 0 radical (unpaired) electrons. The van der Waals surface area contributed by atoms with Crippen LogP contribution in [0.25, 0.3) is 11.0 Å². The summed E-state index contributed by atoms with van der Waals surface area (Å²) in [6.07, 6.45) is 5.38. The monoisotopic (exact) mass is 539 g/mol. The zero-order valence-corrected chi connectivity index (χ0v) is 23.8. The number of aryl methyl sites for hydroxylation is 1. The Labute approximate surface area is 235 Å². The van der Waals surface area contributed by atoms with Crippen molar-refractivity contribution in [2.75, 3.05) is 42.7 Å². The summed E-state index contributed by atoms with van der Waals surface area (Å²) in [4.78, 5) is 35.9. The van der Waals surface area contributed by atoms with Crippen LogP contribution in [0.15, 0.2) is 55.0 Å². The number of carbonyl (C=O) groups is 1. The number of anilines is 4. The lowest BCUT2D eigenvalue weighted by Crippen LogP contribution is -2.42. The van der Waals surface area contributed by atoms with E-state index in [1.54, 1.807) is 12.3 Å². The van der Waals surface area contributed by atoms with Gasteiger partial charge in [0.25, 0.3) is 5.91 Å². The Morgan fingerprint density at radius 3 is 2.62 bits per heavy atom. The second kappa shape index (κ2) is 11.1. The first-order valence-electron chi connectivity index (χ1n) is 13.6. The molecule has 0 aliphatic carbocycles. The van der Waals surface area contributed by atoms with Crippen LogP contribution in [0.5, 0.6) is 0 Å². The zero-order valence-electron chi connectivity index (χ0n) is 23.8. The number of nitrogens with zero attached hydrogens (tertiary/aromatic N) is 6. The molecule has 10 heteroatoms. The number of rotatable bonds is 7. The highest BCUT2D eigenvalue weighted by Gasteiger charge is 2.23. The third-order valence-corrected chi connectivity index (χ3v) is 7.53. The number of nitrogens with one attached hydrogen (secondary N) is 2. The Balaban J connectivity index is 1.38. The zero-order chi connectivity index (χ0) is 28.4. The van der Waals surface area contributed by atoms with Gasteiger partial charge in [0, 0.05) is 35.6 Å². The molecule has 1 aliphatic heterocycles. The fourth-order valence-corrected chi connectivity index (χ4v) is 4.88. The lowest BCUT2D eigenvalue weighted by molar-refractivity contribution is 0.102. The molecule has 0 bridgehead atoms. The molecular formula is C30H37N9O. The number of carbonyl (C=O) groups excluding carboxylic acids is 1. The van der Waals surface area contributed by atoms with Crippen LogP contribution < -0.4 is 21.3 Å². The van der Waals surface area contributed by atoms with E-state index in [2.05, 4.69) is 49.5 Å². The number of hydrogen-bond acceptors (Lipinski definition) is 9. The largest absolute Gasteiger partial charge is 0.341 e. The van der Waals surface area contributed by atoms with E-state index in [4.69, 9.17) is 10.7 Å². The van der Waals surface area contributed by atoms with Gasteiger partial charge in [0.2, 0.25) is 5.95 Å². The second-order valence-electron chi connectivity index (χ2n) is 11.2. The summed E-state index contributed by atoms with van der Waals surface area (Å²) in [6.45, 7) is 7.94. The molecule has 1 amide bonds. The Morgan fingerprint density at radius 1 is 1.10 bits per heavy atom. The molecule has 40 heavy (non-hydrogen) atoms. The van der Waals surface area contributed by atoms with Gasteiger partial charge in [0.05, 0.1) is 6.20 Å². The van der Waals surface area contributed by atoms with Crippen molar-refractivity contribution in [2.45, 2.75) is 45.2 Å². The van der Waals surface area contributed by atoms with Gasteiger partial charge < -0.3 is 26.2 Å². The van der Waals surface area contributed by atoms with Crippen molar-refractivity contribution >= 4 is 40.1 Å². The van der Waals surface area contributed by atoms with Crippen molar-refractivity contribution in [3.63, 3.8) is 0 Å². The molecule has 2 aromatic heterocycles. The number of piperidine rings is 1. The molecule has 0 unspecified atom stereocenters. The standard InChI is InChI=1S/C30H37N9O/c1-19-9-10-22(35-28(40)20-7-6-8-21(15-20)30(2,3)31)16-24(19)36-27-26-25(33-18-34-27)17-32-29(37-26)39(5)23-11-13-38(4)14-12-23/h6-10,15-18,23H,11-14,31H2,1-5H3,(H,35,40)(H,33,34,36). The van der Waals surface area contributed by atoms with Crippen molar-refractivity contribution in [3.05, 3.63) is 71.7 Å². The highest BCUT2D eigenvalue weighted by Crippen LogP contribution is 2.28. The predicted molar refractivity (Wildman–Crippen MR) is 160 cm³/mol. The van der Waals surface area contributed by atoms with E-state index in [1.165, 1.54) is 6.33 Å². The first-order valence-corrected chi connectivity index (χ1v) is 13.6. The third-order valence-electron chi connectivity index (χ3n) is 7.53. The fourth-order valence-electron chi connectivity index (χ4n) is 4.88. The van der Waals surface area contributed by atoms with Gasteiger partial charge in [0.1, 0.15) is 17.4 Å². The van der Waals surface area contributed by atoms with E-state index >= 15 is 0 Å². The van der Waals surface area contributed by atoms with Gasteiger partial charge in [-0.1, -0.05) is 18.2 Å². The van der Waals surface area contributed by atoms with E-state index < -0.39 is 5.54 Å². The summed E-state index contributed by atoms with van der Waals surface area (Å²) < 4.78 is 0. The number of likely N-dealkylation sites (tertiary alicyclic amines) is 1. The number of aromatic nitrogens is 4. The molecule has 5 rings (SSSR count). The van der Waals surface area contributed by atoms with Crippen LogP contribution in [0.3, 0.4) is 0 Å². The van der Waals surface area contributed by atoms with Crippen LogP contribution in [-0.4, -0.2) is 64.0 Å². The van der Waals surface area contributed by atoms with E-state index in [0.29, 0.717) is 40.1 Å². The van der Waals surface area contributed by atoms with E-state index in [-0.39, 0.29) is 5.91 Å². The SMILES string of the molecule is Cc1ccc(NC(=O)c2cccc(C(C)(C)N)c2)cc1Nc1ncnc2cnc(N(C)C3CCN(C)CC3)nc12. The van der Waals surface area contributed by atoms with Gasteiger partial charge in [-0.25, -0.2) is 19.9 Å². The number of fused-ring (bicyclic) bond motifs is 1. The van der Waals surface area contributed by atoms with Gasteiger partial charge in [-0.3, -0.25) is 4.79 Å². The predicted octanol–water partition coefficient (Wildman–Crippen LogP) is 4.45. The topological polar surface area (TPSA) is 125 Å². The molecule has 0 spiro atoms. The van der Waals surface area contributed by atoms with Crippen LogP contribution in [0, 0.1) is 6.92 Å². The van der Waals surface area contributed by atoms with Crippen molar-refractivity contribution in [2.24, 2.45) is 5.73 Å². The summed E-state index contributed by atoms with van der Waals surface area (Å²) in [5.41, 5.74) is 10.9. The third kappa shape index (κ3) is 6.03. The molecule has 208 valence electrons. The Kier molecular flexibility index (Phi) is 7.64. The van der Waals surface area contributed by atoms with Gasteiger partial charge in [-0.15, -0.1) is 0 Å². The van der Waals surface area contributed by atoms with Crippen LogP contribution in [0.1, 0.15) is 48.2 Å². The Hall–Kier alpha value is -4.15. The van der Waals surface area contributed by atoms with Crippen molar-refractivity contribution in [1.29, 1.82) is 0 Å². The normalized spacial score (nSPS) is 14.8. The molecule has 1 fully saturated rings. The molecule has 4 aromatic rings. The average molecular weight is 540 g/mol. The minimum atomic E-state index is -0.539. The number of amides is 1. The maximum Gasteiger partial charge on any atom is 0.255 e. The quantitative estimate of drug-likeness (QED) is 0.312. The minimum Gasteiger partial charge on any atom is -0.341 e. The Bertz CT molecular complexity index is 1520. The van der Waals surface area contributed by atoms with Gasteiger partial charge in [-0.05, 0) is 89.1 Å². The summed E-state index contributed by atoms with van der Waals surface area (Å²) in [7, 11) is 4.20. The van der Waals surface area contributed by atoms with E-state index in [9.17, 15) is 4.79 Å². The summed E-state index contributed by atoms with van der Waals surface area (Å²) in [6, 6.07) is 13.5. The van der Waals surface area contributed by atoms with Gasteiger partial charge >= 0.3 is 0 Å². The summed E-state index contributed by atoms with van der Waals surface area (Å²) in [5.74, 6) is 1.03. The maximum absolute atomic E-state index is 13.1. The number of hydrogen-bond donors (Lipinski definition) is 3. The van der Waals surface area contributed by atoms with Crippen LogP contribution in [0.2, 0.25) is 0 Å². The van der Waals surface area contributed by atoms with E-state index in [0.717, 1.165) is 42.7 Å². The maximum atomic E-state index is 13.1. The minimum absolute atomic E-state index is 0.206. The molecule has 10 nitrogen and oxygen atoms in total. The molecule has 0 atom stereocenters. The van der Waals surface area contributed by atoms with Crippen LogP contribution in [0.4, 0.5) is 23.1 Å². The summed E-state index contributed by atoms with van der Waals surface area (Å²) >= 11 is 0. The van der Waals surface area contributed by atoms with Crippen LogP contribution in [-0.2, 0) is 5.54 Å². The van der Waals surface area contributed by atoms with Crippen molar-refractivity contribution < 1.29 is 4.79 Å². The highest BCUT2D eigenvalue weighted by atomic mass is 16.1. The van der Waals surface area contributed by atoms with Crippen LogP contribution >= 0.6 is 0 Å². The highest BCUT2D eigenvalue weighted by molar-refractivity contribution is 6.04. The van der Waals surface area contributed by atoms with Gasteiger partial charge in [-0.2, -0.15) is 0 Å². The number of benzene rings is 2. The first-order chi connectivity index (χ1) is 19.1. The van der Waals surface area contributed by atoms with E-state index in [1.807, 2.05) is 57.2 Å². The Morgan fingerprint density at radius 2 is 1.88 bits per heavy atom. The van der Waals surface area contributed by atoms with Gasteiger partial charge in [0.15, 0.2) is 5.82 Å². The lowest BCUT2D eigenvalue weighted by atomic mass is 9.94.